The van der Waals surface area contributed by atoms with Crippen molar-refractivity contribution in [3.8, 4) is 0 Å². The van der Waals surface area contributed by atoms with Crippen molar-refractivity contribution in [2.75, 3.05) is 19.6 Å². The van der Waals surface area contributed by atoms with E-state index in [0.29, 0.717) is 13.1 Å². The molecular weight excluding hydrogens is 337 g/mol. The predicted molar refractivity (Wildman–Crippen MR) is 86.9 cm³/mol. The van der Waals surface area contributed by atoms with Crippen molar-refractivity contribution in [1.82, 2.24) is 15.1 Å². The standard InChI is InChI=1S/C16H19ClFN3O3/c1-4-20(5-2)13(22)9-21-14(23)16(3,19-15(21)24)11-7-6-10(18)8-12(11)17/h6-8H,4-5,9H2,1-3H3,(H,19,24). The Hall–Kier alpha value is -2.15. The number of carbonyl (C=O) groups is 3. The predicted octanol–water partition coefficient (Wildman–Crippen LogP) is 2.11. The van der Waals surface area contributed by atoms with Crippen molar-refractivity contribution in [2.24, 2.45) is 0 Å². The average Bonchev–Trinajstić information content (AvgIpc) is 2.72. The lowest BCUT2D eigenvalue weighted by atomic mass is 9.92. The maximum Gasteiger partial charge on any atom is 0.325 e. The van der Waals surface area contributed by atoms with Gasteiger partial charge in [-0.05, 0) is 32.9 Å². The molecule has 1 aromatic rings. The van der Waals surface area contributed by atoms with Crippen LogP contribution in [-0.2, 0) is 15.1 Å². The van der Waals surface area contributed by atoms with E-state index < -0.39 is 23.3 Å². The highest BCUT2D eigenvalue weighted by Crippen LogP contribution is 2.33. The number of likely N-dealkylation sites (N-methyl/N-ethyl adjacent to an activating group) is 1. The van der Waals surface area contributed by atoms with Crippen LogP contribution in [0, 0.1) is 5.82 Å². The molecule has 6 nitrogen and oxygen atoms in total. The summed E-state index contributed by atoms with van der Waals surface area (Å²) in [5, 5.41) is 2.58. The van der Waals surface area contributed by atoms with Crippen LogP contribution in [0.5, 0.6) is 0 Å². The lowest BCUT2D eigenvalue weighted by Gasteiger charge is -2.24. The van der Waals surface area contributed by atoms with Crippen molar-refractivity contribution in [2.45, 2.75) is 26.3 Å². The Balaban J connectivity index is 2.29. The van der Waals surface area contributed by atoms with Gasteiger partial charge in [0.2, 0.25) is 5.91 Å². The van der Waals surface area contributed by atoms with Crippen molar-refractivity contribution >= 4 is 29.4 Å². The van der Waals surface area contributed by atoms with Crippen LogP contribution in [-0.4, -0.2) is 47.3 Å². The Labute approximate surface area is 144 Å². The zero-order valence-electron chi connectivity index (χ0n) is 13.7. The van der Waals surface area contributed by atoms with E-state index in [9.17, 15) is 18.8 Å². The molecule has 2 rings (SSSR count). The van der Waals surface area contributed by atoms with Crippen LogP contribution in [0.1, 0.15) is 26.3 Å². The molecule has 4 amide bonds. The summed E-state index contributed by atoms with van der Waals surface area (Å²) in [7, 11) is 0. The van der Waals surface area contributed by atoms with Crippen molar-refractivity contribution in [3.63, 3.8) is 0 Å². The minimum absolute atomic E-state index is 0.0306. The number of rotatable bonds is 5. The fraction of sp³-hybridized carbons (Fsp3) is 0.438. The van der Waals surface area contributed by atoms with Gasteiger partial charge in [-0.25, -0.2) is 9.18 Å². The monoisotopic (exact) mass is 355 g/mol. The number of carbonyl (C=O) groups excluding carboxylic acids is 3. The summed E-state index contributed by atoms with van der Waals surface area (Å²) < 4.78 is 13.2. The topological polar surface area (TPSA) is 69.7 Å². The first-order valence-electron chi connectivity index (χ1n) is 7.62. The van der Waals surface area contributed by atoms with Gasteiger partial charge >= 0.3 is 6.03 Å². The van der Waals surface area contributed by atoms with Gasteiger partial charge in [0.25, 0.3) is 5.91 Å². The number of benzene rings is 1. The zero-order chi connectivity index (χ0) is 18.1. The Morgan fingerprint density at radius 3 is 2.50 bits per heavy atom. The first kappa shape index (κ1) is 18.2. The van der Waals surface area contributed by atoms with Gasteiger partial charge in [-0.1, -0.05) is 17.7 Å². The molecule has 0 saturated carbocycles. The third-order valence-electron chi connectivity index (χ3n) is 4.15. The zero-order valence-corrected chi connectivity index (χ0v) is 14.5. The van der Waals surface area contributed by atoms with Gasteiger partial charge < -0.3 is 10.2 Å². The van der Waals surface area contributed by atoms with E-state index in [0.717, 1.165) is 17.0 Å². The summed E-state index contributed by atoms with van der Waals surface area (Å²) >= 11 is 6.02. The highest BCUT2D eigenvalue weighted by Gasteiger charge is 2.50. The van der Waals surface area contributed by atoms with Gasteiger partial charge in [-0.3, -0.25) is 14.5 Å². The SMILES string of the molecule is CCN(CC)C(=O)CN1C(=O)NC(C)(c2ccc(F)cc2Cl)C1=O. The summed E-state index contributed by atoms with van der Waals surface area (Å²) in [5.41, 5.74) is -1.16. The first-order valence-corrected chi connectivity index (χ1v) is 7.99. The second kappa shape index (κ2) is 6.76. The molecule has 1 saturated heterocycles. The van der Waals surface area contributed by atoms with Gasteiger partial charge in [0, 0.05) is 23.7 Å². The third-order valence-corrected chi connectivity index (χ3v) is 4.47. The van der Waals surface area contributed by atoms with E-state index in [-0.39, 0.29) is 23.0 Å². The molecule has 1 aliphatic heterocycles. The number of nitrogens with zero attached hydrogens (tertiary/aromatic N) is 2. The molecule has 1 atom stereocenters. The molecule has 0 aliphatic carbocycles. The summed E-state index contributed by atoms with van der Waals surface area (Å²) in [6.07, 6.45) is 0. The maximum absolute atomic E-state index is 13.2. The summed E-state index contributed by atoms with van der Waals surface area (Å²) in [6.45, 7) is 5.74. The number of amides is 4. The smallest absolute Gasteiger partial charge is 0.325 e. The highest BCUT2D eigenvalue weighted by atomic mass is 35.5. The molecule has 1 aliphatic rings. The van der Waals surface area contributed by atoms with Crippen LogP contribution in [0.15, 0.2) is 18.2 Å². The highest BCUT2D eigenvalue weighted by molar-refractivity contribution is 6.32. The number of hydrogen-bond donors (Lipinski definition) is 1. The third kappa shape index (κ3) is 3.08. The molecule has 0 radical (unpaired) electrons. The number of hydrogen-bond acceptors (Lipinski definition) is 3. The Morgan fingerprint density at radius 1 is 1.33 bits per heavy atom. The minimum Gasteiger partial charge on any atom is -0.342 e. The van der Waals surface area contributed by atoms with Crippen molar-refractivity contribution in [3.05, 3.63) is 34.6 Å². The molecule has 24 heavy (non-hydrogen) atoms. The second-order valence-corrected chi connectivity index (χ2v) is 6.04. The fourth-order valence-electron chi connectivity index (χ4n) is 2.73. The number of imide groups is 1. The Kier molecular flexibility index (Phi) is 5.13. The van der Waals surface area contributed by atoms with Gasteiger partial charge in [0.1, 0.15) is 17.9 Å². The van der Waals surface area contributed by atoms with Crippen LogP contribution in [0.3, 0.4) is 0 Å². The largest absolute Gasteiger partial charge is 0.342 e. The summed E-state index contributed by atoms with van der Waals surface area (Å²) in [4.78, 5) is 39.5. The van der Waals surface area contributed by atoms with E-state index >= 15 is 0 Å². The molecule has 8 heteroatoms. The average molecular weight is 356 g/mol. The Bertz CT molecular complexity index is 693. The van der Waals surface area contributed by atoms with E-state index in [2.05, 4.69) is 5.32 Å². The lowest BCUT2D eigenvalue weighted by molar-refractivity contribution is -0.138. The summed E-state index contributed by atoms with van der Waals surface area (Å²) in [6, 6.07) is 2.91. The van der Waals surface area contributed by atoms with Crippen LogP contribution in [0.2, 0.25) is 5.02 Å². The van der Waals surface area contributed by atoms with Crippen LogP contribution in [0.25, 0.3) is 0 Å². The summed E-state index contributed by atoms with van der Waals surface area (Å²) in [5.74, 6) is -1.46. The van der Waals surface area contributed by atoms with Gasteiger partial charge in [-0.2, -0.15) is 0 Å². The molecule has 1 aromatic carbocycles. The van der Waals surface area contributed by atoms with Crippen LogP contribution < -0.4 is 5.32 Å². The lowest BCUT2D eigenvalue weighted by Crippen LogP contribution is -2.44. The second-order valence-electron chi connectivity index (χ2n) is 5.64. The van der Waals surface area contributed by atoms with E-state index in [1.165, 1.54) is 17.9 Å². The number of nitrogens with one attached hydrogen (secondary N) is 1. The van der Waals surface area contributed by atoms with Crippen LogP contribution >= 0.6 is 11.6 Å². The quantitative estimate of drug-likeness (QED) is 0.822. The van der Waals surface area contributed by atoms with E-state index in [4.69, 9.17) is 11.6 Å². The maximum atomic E-state index is 13.2. The molecule has 1 fully saturated rings. The van der Waals surface area contributed by atoms with Gasteiger partial charge in [0.15, 0.2) is 0 Å². The van der Waals surface area contributed by atoms with E-state index in [1.54, 1.807) is 0 Å². The normalized spacial score (nSPS) is 20.3. The first-order chi connectivity index (χ1) is 11.2. The van der Waals surface area contributed by atoms with Gasteiger partial charge in [0.05, 0.1) is 0 Å². The molecule has 1 heterocycles. The molecule has 0 aromatic heterocycles. The Morgan fingerprint density at radius 2 is 1.96 bits per heavy atom. The fourth-order valence-corrected chi connectivity index (χ4v) is 3.09. The molecule has 1 unspecified atom stereocenters. The number of urea groups is 1. The molecule has 0 bridgehead atoms. The molecule has 0 spiro atoms. The molecule has 1 N–H and O–H groups in total. The van der Waals surface area contributed by atoms with Crippen molar-refractivity contribution in [1.29, 1.82) is 0 Å². The van der Waals surface area contributed by atoms with E-state index in [1.807, 2.05) is 13.8 Å². The number of halogens is 2. The minimum atomic E-state index is -1.44. The molecule has 130 valence electrons. The van der Waals surface area contributed by atoms with Crippen LogP contribution in [0.4, 0.5) is 9.18 Å². The molecular formula is C16H19ClFN3O3. The van der Waals surface area contributed by atoms with Gasteiger partial charge in [-0.15, -0.1) is 0 Å². The van der Waals surface area contributed by atoms with Crippen molar-refractivity contribution < 1.29 is 18.8 Å².